The third kappa shape index (κ3) is 6.33. The molecule has 4 rings (SSSR count). The number of carbonyl (C=O) groups is 3. The van der Waals surface area contributed by atoms with Gasteiger partial charge in [0, 0.05) is 16.1 Å². The Kier molecular flexibility index (Phi) is 8.24. The molecule has 2 heterocycles. The van der Waals surface area contributed by atoms with Crippen LogP contribution in [-0.4, -0.2) is 46.2 Å². The van der Waals surface area contributed by atoms with Crippen LogP contribution in [0.15, 0.2) is 42.5 Å². The standard InChI is InChI=1S/C25H17ClF8N4O4/c26-15-2-1-12(27)6-14(15)20-21-16(35-22(41)10-3-11(24(29,30)31)5-13(28)4-10)7-17(38(21)8-19(40)37-20)23(42)36-18(9-39)25(32,33)34/h1-7,18,20,39H,8-9H2,(H,35,41)(H,36,42)(H,37,40). The van der Waals surface area contributed by atoms with Crippen LogP contribution in [0, 0.1) is 11.6 Å². The van der Waals surface area contributed by atoms with E-state index in [9.17, 15) is 49.5 Å². The zero-order valence-electron chi connectivity index (χ0n) is 20.6. The minimum Gasteiger partial charge on any atom is -0.394 e. The van der Waals surface area contributed by atoms with Gasteiger partial charge in [0.25, 0.3) is 11.8 Å². The van der Waals surface area contributed by atoms with Gasteiger partial charge < -0.3 is 25.6 Å². The normalized spacial score (nSPS) is 16.0. The maximum absolute atomic E-state index is 14.1. The molecular formula is C25H17ClF8N4O4. The third-order valence-corrected chi connectivity index (χ3v) is 6.48. The monoisotopic (exact) mass is 624 g/mol. The van der Waals surface area contributed by atoms with Crippen molar-refractivity contribution in [3.63, 3.8) is 0 Å². The van der Waals surface area contributed by atoms with Gasteiger partial charge in [-0.2, -0.15) is 26.3 Å². The fourth-order valence-electron chi connectivity index (χ4n) is 4.26. The van der Waals surface area contributed by atoms with Gasteiger partial charge in [0.2, 0.25) is 5.91 Å². The summed E-state index contributed by atoms with van der Waals surface area (Å²) in [5, 5.41) is 15.2. The number of alkyl halides is 6. The molecule has 0 aliphatic carbocycles. The number of benzene rings is 2. The number of rotatable bonds is 6. The first-order valence-corrected chi connectivity index (χ1v) is 12.0. The minimum atomic E-state index is -5.08. The molecule has 2 aromatic carbocycles. The van der Waals surface area contributed by atoms with Gasteiger partial charge in [-0.25, -0.2) is 8.78 Å². The fraction of sp³-hybridized carbons (Fsp3) is 0.240. The SMILES string of the molecule is O=C1Cn2c(C(=O)NC(CO)C(F)(F)F)cc(NC(=O)c3cc(F)cc(C(F)(F)F)c3)c2C(c2cc(F)ccc2Cl)N1. The predicted octanol–water partition coefficient (Wildman–Crippen LogP) is 4.56. The lowest BCUT2D eigenvalue weighted by molar-refractivity contribution is -0.161. The predicted molar refractivity (Wildman–Crippen MR) is 130 cm³/mol. The highest BCUT2D eigenvalue weighted by molar-refractivity contribution is 6.31. The van der Waals surface area contributed by atoms with Crippen LogP contribution in [0.4, 0.5) is 40.8 Å². The average Bonchev–Trinajstić information content (AvgIpc) is 3.24. The Morgan fingerprint density at radius 1 is 1.02 bits per heavy atom. The molecule has 0 spiro atoms. The first-order valence-electron chi connectivity index (χ1n) is 11.6. The summed E-state index contributed by atoms with van der Waals surface area (Å²) in [6.07, 6.45) is -10.1. The number of aliphatic hydroxyl groups is 1. The lowest BCUT2D eigenvalue weighted by atomic mass is 10.0. The Hall–Kier alpha value is -4.18. The van der Waals surface area contributed by atoms with Crippen LogP contribution in [0.5, 0.6) is 0 Å². The van der Waals surface area contributed by atoms with Crippen molar-refractivity contribution in [2.45, 2.75) is 31.0 Å². The van der Waals surface area contributed by atoms with Crippen molar-refractivity contribution in [3.8, 4) is 0 Å². The minimum absolute atomic E-state index is 0.111. The van der Waals surface area contributed by atoms with Crippen molar-refractivity contribution in [3.05, 3.63) is 87.2 Å². The molecule has 8 nitrogen and oxygen atoms in total. The summed E-state index contributed by atoms with van der Waals surface area (Å²) in [4.78, 5) is 38.5. The molecule has 17 heteroatoms. The molecule has 2 unspecified atom stereocenters. The molecular weight excluding hydrogens is 608 g/mol. The summed E-state index contributed by atoms with van der Waals surface area (Å²) >= 11 is 6.19. The van der Waals surface area contributed by atoms with Gasteiger partial charge >= 0.3 is 12.4 Å². The zero-order chi connectivity index (χ0) is 31.1. The van der Waals surface area contributed by atoms with Gasteiger partial charge in [0.05, 0.1) is 29.6 Å². The Morgan fingerprint density at radius 3 is 2.33 bits per heavy atom. The zero-order valence-corrected chi connectivity index (χ0v) is 21.4. The number of anilines is 1. The molecule has 2 atom stereocenters. The number of hydrogen-bond donors (Lipinski definition) is 4. The molecule has 0 radical (unpaired) electrons. The van der Waals surface area contributed by atoms with E-state index >= 15 is 0 Å². The number of aromatic nitrogens is 1. The number of nitrogens with one attached hydrogen (secondary N) is 3. The number of amides is 3. The molecule has 1 aliphatic heterocycles. The molecule has 0 saturated carbocycles. The second-order valence-electron chi connectivity index (χ2n) is 9.01. The molecule has 4 N–H and O–H groups in total. The molecule has 0 fully saturated rings. The average molecular weight is 625 g/mol. The lowest BCUT2D eigenvalue weighted by Crippen LogP contribution is -2.48. The highest BCUT2D eigenvalue weighted by Gasteiger charge is 2.42. The molecule has 1 aliphatic rings. The van der Waals surface area contributed by atoms with Gasteiger partial charge in [-0.3, -0.25) is 14.4 Å². The van der Waals surface area contributed by atoms with Crippen LogP contribution in [0.3, 0.4) is 0 Å². The Morgan fingerprint density at radius 2 is 1.71 bits per heavy atom. The summed E-state index contributed by atoms with van der Waals surface area (Å²) in [6, 6.07) is 0.624. The molecule has 42 heavy (non-hydrogen) atoms. The Balaban J connectivity index is 1.85. The van der Waals surface area contributed by atoms with Crippen LogP contribution in [-0.2, 0) is 17.5 Å². The van der Waals surface area contributed by atoms with Crippen molar-refractivity contribution in [1.29, 1.82) is 0 Å². The summed E-state index contributed by atoms with van der Waals surface area (Å²) < 4.78 is 108. The highest BCUT2D eigenvalue weighted by atomic mass is 35.5. The van der Waals surface area contributed by atoms with Crippen LogP contribution < -0.4 is 16.0 Å². The largest absolute Gasteiger partial charge is 0.416 e. The van der Waals surface area contributed by atoms with Gasteiger partial charge in [-0.05, 0) is 42.5 Å². The van der Waals surface area contributed by atoms with Gasteiger partial charge in [-0.1, -0.05) is 11.6 Å². The van der Waals surface area contributed by atoms with E-state index in [0.717, 1.165) is 28.8 Å². The summed E-state index contributed by atoms with van der Waals surface area (Å²) in [6.45, 7) is -2.25. The second kappa shape index (κ2) is 11.2. The van der Waals surface area contributed by atoms with Crippen molar-refractivity contribution in [2.24, 2.45) is 0 Å². The highest BCUT2D eigenvalue weighted by Crippen LogP contribution is 2.38. The van der Waals surface area contributed by atoms with Crippen molar-refractivity contribution in [2.75, 3.05) is 11.9 Å². The Bertz CT molecular complexity index is 1570. The molecule has 3 amide bonds. The first-order chi connectivity index (χ1) is 19.5. The number of fused-ring (bicyclic) bond motifs is 1. The third-order valence-electron chi connectivity index (χ3n) is 6.14. The van der Waals surface area contributed by atoms with E-state index in [4.69, 9.17) is 16.7 Å². The summed E-state index contributed by atoms with van der Waals surface area (Å²) in [7, 11) is 0. The number of halogens is 9. The number of carbonyl (C=O) groups excluding carboxylic acids is 3. The van der Waals surface area contributed by atoms with Crippen LogP contribution >= 0.6 is 11.6 Å². The van der Waals surface area contributed by atoms with E-state index in [1.807, 2.05) is 0 Å². The van der Waals surface area contributed by atoms with E-state index < -0.39 is 89.5 Å². The van der Waals surface area contributed by atoms with E-state index in [0.29, 0.717) is 12.1 Å². The van der Waals surface area contributed by atoms with Crippen LogP contribution in [0.25, 0.3) is 0 Å². The van der Waals surface area contributed by atoms with Crippen LogP contribution in [0.1, 0.15) is 43.7 Å². The van der Waals surface area contributed by atoms with Crippen LogP contribution in [0.2, 0.25) is 5.02 Å². The molecule has 1 aromatic heterocycles. The number of hydrogen-bond acceptors (Lipinski definition) is 4. The van der Waals surface area contributed by atoms with Crippen molar-refractivity contribution < 1.29 is 54.6 Å². The van der Waals surface area contributed by atoms with E-state index in [1.165, 1.54) is 0 Å². The quantitative estimate of drug-likeness (QED) is 0.301. The lowest BCUT2D eigenvalue weighted by Gasteiger charge is -2.29. The van der Waals surface area contributed by atoms with E-state index in [1.54, 1.807) is 5.32 Å². The molecule has 0 saturated heterocycles. The van der Waals surface area contributed by atoms with Gasteiger partial charge in [0.1, 0.15) is 29.9 Å². The van der Waals surface area contributed by atoms with Crippen molar-refractivity contribution in [1.82, 2.24) is 15.2 Å². The smallest absolute Gasteiger partial charge is 0.394 e. The molecule has 224 valence electrons. The topological polar surface area (TPSA) is 112 Å². The number of nitrogens with zero attached hydrogens (tertiary/aromatic N) is 1. The van der Waals surface area contributed by atoms with Gasteiger partial charge in [0.15, 0.2) is 0 Å². The molecule has 0 bridgehead atoms. The first kappa shape index (κ1) is 30.8. The molecule has 3 aromatic rings. The Labute approximate surface area is 235 Å². The summed E-state index contributed by atoms with van der Waals surface area (Å²) in [5.74, 6) is -5.84. The fourth-order valence-corrected chi connectivity index (χ4v) is 4.48. The summed E-state index contributed by atoms with van der Waals surface area (Å²) in [5.41, 5.74) is -3.70. The van der Waals surface area contributed by atoms with Crippen molar-refractivity contribution >= 4 is 35.0 Å². The second-order valence-corrected chi connectivity index (χ2v) is 9.42. The van der Waals surface area contributed by atoms with E-state index in [2.05, 4.69) is 10.6 Å². The van der Waals surface area contributed by atoms with E-state index in [-0.39, 0.29) is 22.3 Å². The maximum Gasteiger partial charge on any atom is 0.416 e. The maximum atomic E-state index is 14.1. The number of aliphatic hydroxyl groups excluding tert-OH is 1. The van der Waals surface area contributed by atoms with Gasteiger partial charge in [-0.15, -0.1) is 0 Å².